The number of rotatable bonds is 10. The van der Waals surface area contributed by atoms with Crippen molar-refractivity contribution < 1.29 is 32.2 Å². The van der Waals surface area contributed by atoms with Crippen LogP contribution in [0, 0.1) is 5.82 Å². The van der Waals surface area contributed by atoms with Crippen molar-refractivity contribution in [2.45, 2.75) is 25.7 Å². The van der Waals surface area contributed by atoms with Crippen molar-refractivity contribution in [3.63, 3.8) is 0 Å². The molecule has 3 aromatic heterocycles. The third-order valence-electron chi connectivity index (χ3n) is 7.67. The van der Waals surface area contributed by atoms with Crippen LogP contribution in [0.3, 0.4) is 0 Å². The summed E-state index contributed by atoms with van der Waals surface area (Å²) in [6.07, 6.45) is -0.404. The minimum absolute atomic E-state index is 0.0741. The van der Waals surface area contributed by atoms with Gasteiger partial charge >= 0.3 is 6.18 Å². The molecule has 0 atom stereocenters. The van der Waals surface area contributed by atoms with Crippen LogP contribution in [0.5, 0.6) is 5.75 Å². The van der Waals surface area contributed by atoms with Crippen molar-refractivity contribution in [3.05, 3.63) is 125 Å². The average Bonchev–Trinajstić information content (AvgIpc) is 3.73. The van der Waals surface area contributed by atoms with Gasteiger partial charge in [-0.25, -0.2) is 14.4 Å². The fourth-order valence-electron chi connectivity index (χ4n) is 5.24. The van der Waals surface area contributed by atoms with Crippen LogP contribution in [0.15, 0.2) is 85.5 Å². The lowest BCUT2D eigenvalue weighted by Crippen LogP contribution is -2.18. The molecule has 6 rings (SSSR count). The first-order chi connectivity index (χ1) is 23.5. The van der Waals surface area contributed by atoms with Gasteiger partial charge in [-0.3, -0.25) is 9.48 Å². The van der Waals surface area contributed by atoms with Crippen LogP contribution in [0.1, 0.15) is 38.7 Å². The van der Waals surface area contributed by atoms with Gasteiger partial charge in [0.15, 0.2) is 0 Å². The van der Waals surface area contributed by atoms with Gasteiger partial charge in [0.2, 0.25) is 0 Å². The standard InChI is InChI=1S/C34H28F4N8O3/c1-45-11-10-27(44-45)23-13-24(26(35)14-25(23)34(36,37)38)33(48)41-28-16-39-30(42-32(28)21-6-4-3-5-7-21)15-31-43-40-19-46(31)17-22-9-8-20(18-47)12-29(22)49-2/h3-14,16,19,47H,15,17-18H2,1-2H3,(H,41,48). The number of alkyl halides is 3. The molecular weight excluding hydrogens is 644 g/mol. The molecule has 0 fully saturated rings. The number of hydrogen-bond acceptors (Lipinski definition) is 8. The number of methoxy groups -OCH3 is 1. The number of anilines is 1. The van der Waals surface area contributed by atoms with E-state index in [1.165, 1.54) is 37.3 Å². The zero-order chi connectivity index (χ0) is 34.7. The quantitative estimate of drug-likeness (QED) is 0.178. The number of hydrogen-bond donors (Lipinski definition) is 2. The molecule has 0 aliphatic heterocycles. The molecule has 3 heterocycles. The van der Waals surface area contributed by atoms with Crippen molar-refractivity contribution in [2.24, 2.45) is 7.05 Å². The topological polar surface area (TPSA) is 133 Å². The molecule has 0 saturated carbocycles. The monoisotopic (exact) mass is 672 g/mol. The summed E-state index contributed by atoms with van der Waals surface area (Å²) in [7, 11) is 3.07. The molecule has 11 nitrogen and oxygen atoms in total. The van der Waals surface area contributed by atoms with Crippen LogP contribution in [0.25, 0.3) is 22.5 Å². The van der Waals surface area contributed by atoms with Gasteiger partial charge < -0.3 is 19.7 Å². The van der Waals surface area contributed by atoms with E-state index in [0.29, 0.717) is 46.8 Å². The summed E-state index contributed by atoms with van der Waals surface area (Å²) in [4.78, 5) is 22.6. The Morgan fingerprint density at radius 2 is 1.86 bits per heavy atom. The number of amides is 1. The number of carbonyl (C=O) groups excluding carboxylic acids is 1. The molecule has 0 aliphatic carbocycles. The van der Waals surface area contributed by atoms with E-state index in [-0.39, 0.29) is 24.4 Å². The van der Waals surface area contributed by atoms with E-state index in [4.69, 9.17) is 9.72 Å². The number of aliphatic hydroxyl groups excluding tert-OH is 1. The minimum atomic E-state index is -4.90. The van der Waals surface area contributed by atoms with Gasteiger partial charge in [0.1, 0.15) is 29.5 Å². The molecule has 0 radical (unpaired) electrons. The van der Waals surface area contributed by atoms with Crippen LogP contribution < -0.4 is 10.1 Å². The first kappa shape index (κ1) is 33.0. The van der Waals surface area contributed by atoms with Gasteiger partial charge in [-0.1, -0.05) is 42.5 Å². The number of ether oxygens (including phenoxy) is 1. The van der Waals surface area contributed by atoms with Crippen molar-refractivity contribution >= 4 is 11.6 Å². The van der Waals surface area contributed by atoms with E-state index < -0.39 is 34.6 Å². The first-order valence-electron chi connectivity index (χ1n) is 14.8. The Hall–Kier alpha value is -5.96. The highest BCUT2D eigenvalue weighted by atomic mass is 19.4. The molecule has 0 aliphatic rings. The number of carbonyl (C=O) groups is 1. The fraction of sp³-hybridized carbons (Fsp3) is 0.176. The summed E-state index contributed by atoms with van der Waals surface area (Å²) in [6.45, 7) is 0.230. The van der Waals surface area contributed by atoms with Crippen molar-refractivity contribution in [1.82, 2.24) is 34.5 Å². The van der Waals surface area contributed by atoms with Gasteiger partial charge in [-0.2, -0.15) is 18.3 Å². The summed E-state index contributed by atoms with van der Waals surface area (Å²) in [6, 6.07) is 16.7. The minimum Gasteiger partial charge on any atom is -0.496 e. The third kappa shape index (κ3) is 7.16. The Kier molecular flexibility index (Phi) is 9.18. The maximum Gasteiger partial charge on any atom is 0.417 e. The second-order valence-electron chi connectivity index (χ2n) is 11.0. The van der Waals surface area contributed by atoms with E-state index >= 15 is 4.39 Å². The Balaban J connectivity index is 1.32. The maximum atomic E-state index is 15.2. The highest BCUT2D eigenvalue weighted by Gasteiger charge is 2.36. The predicted octanol–water partition coefficient (Wildman–Crippen LogP) is 5.69. The second-order valence-corrected chi connectivity index (χ2v) is 11.0. The zero-order valence-electron chi connectivity index (χ0n) is 26.1. The lowest BCUT2D eigenvalue weighted by molar-refractivity contribution is -0.137. The maximum absolute atomic E-state index is 15.2. The number of benzene rings is 3. The highest BCUT2D eigenvalue weighted by molar-refractivity contribution is 6.06. The average molecular weight is 673 g/mol. The number of halogens is 4. The van der Waals surface area contributed by atoms with E-state index in [0.717, 1.165) is 11.6 Å². The summed E-state index contributed by atoms with van der Waals surface area (Å²) in [5.74, 6) is -0.918. The van der Waals surface area contributed by atoms with Gasteiger partial charge in [-0.05, 0) is 29.8 Å². The molecule has 3 aromatic carbocycles. The normalized spacial score (nSPS) is 11.5. The molecule has 2 N–H and O–H groups in total. The third-order valence-corrected chi connectivity index (χ3v) is 7.67. The Morgan fingerprint density at radius 1 is 1.06 bits per heavy atom. The fourth-order valence-corrected chi connectivity index (χ4v) is 5.24. The molecular formula is C34H28F4N8O3. The molecule has 6 aromatic rings. The number of aryl methyl sites for hydroxylation is 1. The van der Waals surface area contributed by atoms with E-state index in [1.54, 1.807) is 53.4 Å². The Morgan fingerprint density at radius 3 is 2.55 bits per heavy atom. The SMILES string of the molecule is COc1cc(CO)ccc1Cn1cnnc1Cc1ncc(NC(=O)c2cc(-c3ccn(C)n3)c(C(F)(F)F)cc2F)c(-c2ccccc2)n1. The summed E-state index contributed by atoms with van der Waals surface area (Å²) in [5, 5.41) is 24.4. The molecule has 0 spiro atoms. The predicted molar refractivity (Wildman–Crippen MR) is 170 cm³/mol. The molecule has 1 amide bonds. The summed E-state index contributed by atoms with van der Waals surface area (Å²) >= 11 is 0. The number of aliphatic hydroxyl groups is 1. The van der Waals surface area contributed by atoms with E-state index in [9.17, 15) is 23.1 Å². The molecule has 15 heteroatoms. The largest absolute Gasteiger partial charge is 0.496 e. The van der Waals surface area contributed by atoms with Gasteiger partial charge in [0.25, 0.3) is 5.91 Å². The number of nitrogens with one attached hydrogen (secondary N) is 1. The Bertz CT molecular complexity index is 2130. The summed E-state index contributed by atoms with van der Waals surface area (Å²) in [5.41, 5.74) is 0.130. The molecule has 250 valence electrons. The van der Waals surface area contributed by atoms with Crippen LogP contribution >= 0.6 is 0 Å². The van der Waals surface area contributed by atoms with Crippen LogP contribution in [-0.4, -0.2) is 52.6 Å². The Labute approximate surface area is 276 Å². The molecule has 0 bridgehead atoms. The van der Waals surface area contributed by atoms with Crippen molar-refractivity contribution in [2.75, 3.05) is 12.4 Å². The van der Waals surface area contributed by atoms with E-state index in [1.807, 2.05) is 6.07 Å². The lowest BCUT2D eigenvalue weighted by atomic mass is 9.99. The molecule has 49 heavy (non-hydrogen) atoms. The van der Waals surface area contributed by atoms with Gasteiger partial charge in [0, 0.05) is 29.9 Å². The van der Waals surface area contributed by atoms with Crippen LogP contribution in [0.4, 0.5) is 23.2 Å². The van der Waals surface area contributed by atoms with Crippen molar-refractivity contribution in [1.29, 1.82) is 0 Å². The highest BCUT2D eigenvalue weighted by Crippen LogP contribution is 2.38. The first-order valence-corrected chi connectivity index (χ1v) is 14.8. The zero-order valence-corrected chi connectivity index (χ0v) is 26.1. The number of nitrogens with zero attached hydrogens (tertiary/aromatic N) is 7. The second kappa shape index (κ2) is 13.6. The van der Waals surface area contributed by atoms with Gasteiger partial charge in [-0.15, -0.1) is 10.2 Å². The number of aromatic nitrogens is 7. The van der Waals surface area contributed by atoms with Crippen molar-refractivity contribution in [3.8, 4) is 28.3 Å². The summed E-state index contributed by atoms with van der Waals surface area (Å²) < 4.78 is 65.4. The van der Waals surface area contributed by atoms with Gasteiger partial charge in [0.05, 0.1) is 61.1 Å². The smallest absolute Gasteiger partial charge is 0.417 e. The van der Waals surface area contributed by atoms with E-state index in [2.05, 4.69) is 25.6 Å². The van der Waals surface area contributed by atoms with Crippen LogP contribution in [0.2, 0.25) is 0 Å². The lowest BCUT2D eigenvalue weighted by Gasteiger charge is -2.16. The van der Waals surface area contributed by atoms with Crippen LogP contribution in [-0.2, 0) is 32.8 Å². The molecule has 0 unspecified atom stereocenters. The molecule has 0 saturated heterocycles.